The van der Waals surface area contributed by atoms with Gasteiger partial charge in [-0.3, -0.25) is 11.8 Å². The van der Waals surface area contributed by atoms with Crippen molar-refractivity contribution in [2.75, 3.05) is 0 Å². The molecule has 0 aromatic carbocycles. The number of nitrogens with two attached hydrogens (primary N) is 1. The Hall–Kier alpha value is 0.898. The van der Waals surface area contributed by atoms with Gasteiger partial charge in [-0.15, -0.1) is 0 Å². The van der Waals surface area contributed by atoms with Crippen molar-refractivity contribution in [1.29, 1.82) is 0 Å². The largest absolute Gasteiger partial charge is 2.00 e. The Bertz CT molecular complexity index is 6.00. The zero-order valence-electron chi connectivity index (χ0n) is 1.77. The van der Waals surface area contributed by atoms with Crippen LogP contribution >= 0.6 is 11.8 Å². The van der Waals surface area contributed by atoms with Gasteiger partial charge in [-0.2, -0.15) is 0 Å². The standard InChI is InChI=1S/ClHN.H2N.Pt/c1-2;;/h2H;1H2;/q2*-1;+2. The minimum Gasteiger partial charge on any atom is -0.693 e. The van der Waals surface area contributed by atoms with Gasteiger partial charge in [0, 0.05) is 0 Å². The number of hydrogen-bond donors (Lipinski definition) is 0. The van der Waals surface area contributed by atoms with Crippen LogP contribution in [0.1, 0.15) is 0 Å². The van der Waals surface area contributed by atoms with Crippen LogP contribution in [0.5, 0.6) is 0 Å². The minimum atomic E-state index is 0. The van der Waals surface area contributed by atoms with E-state index in [0.717, 1.165) is 0 Å². The Morgan fingerprint density at radius 2 is 1.25 bits per heavy atom. The van der Waals surface area contributed by atoms with Gasteiger partial charge in [0.05, 0.1) is 0 Å². The van der Waals surface area contributed by atoms with Crippen LogP contribution in [0.25, 0.3) is 11.4 Å². The van der Waals surface area contributed by atoms with Crippen LogP contribution in [0.3, 0.4) is 0 Å². The summed E-state index contributed by atoms with van der Waals surface area (Å²) in [6.07, 6.45) is 0. The van der Waals surface area contributed by atoms with Gasteiger partial charge in [-0.25, -0.2) is 0 Å². The maximum Gasteiger partial charge on any atom is 2.00 e. The van der Waals surface area contributed by atoms with E-state index >= 15 is 0 Å². The molecule has 3 N–H and O–H groups in total. The van der Waals surface area contributed by atoms with E-state index in [9.17, 15) is 0 Å². The average Bonchev–Trinajstić information content (AvgIpc) is 1.00. The van der Waals surface area contributed by atoms with Crippen molar-refractivity contribution in [2.45, 2.75) is 0 Å². The third-order valence-corrected chi connectivity index (χ3v) is 0. The SMILES string of the molecule is [NH-]Cl.[NH2-].[Pt+2]. The molecule has 0 aromatic rings. The molecule has 0 radical (unpaired) electrons. The van der Waals surface area contributed by atoms with Gasteiger partial charge < -0.3 is 11.4 Å². The molecule has 0 unspecified atom stereocenters. The van der Waals surface area contributed by atoms with Crippen molar-refractivity contribution in [3.63, 3.8) is 0 Å². The summed E-state index contributed by atoms with van der Waals surface area (Å²) in [5.74, 6) is 0. The van der Waals surface area contributed by atoms with Gasteiger partial charge >= 0.3 is 21.1 Å². The fourth-order valence-electron chi connectivity index (χ4n) is 0. The zero-order valence-corrected chi connectivity index (χ0v) is 4.80. The van der Waals surface area contributed by atoms with Gasteiger partial charge in [0.25, 0.3) is 0 Å². The third-order valence-electron chi connectivity index (χ3n) is 0. The second-order valence-electron chi connectivity index (χ2n) is 0. The van der Waals surface area contributed by atoms with Crippen LogP contribution in [-0.2, 0) is 21.1 Å². The predicted octanol–water partition coefficient (Wildman–Crippen LogP) is 1.91. The van der Waals surface area contributed by atoms with Crippen molar-refractivity contribution >= 4 is 11.8 Å². The number of halogens is 1. The van der Waals surface area contributed by atoms with Crippen LogP contribution in [0.4, 0.5) is 0 Å². The van der Waals surface area contributed by atoms with E-state index in [1.165, 1.54) is 0 Å². The Morgan fingerprint density at radius 1 is 1.25 bits per heavy atom. The Balaban J connectivity index is -0.00000000500. The summed E-state index contributed by atoms with van der Waals surface area (Å²) in [4.78, 5) is 0. The molecule has 0 aliphatic heterocycles. The van der Waals surface area contributed by atoms with E-state index in [2.05, 4.69) is 11.8 Å². The summed E-state index contributed by atoms with van der Waals surface area (Å²) in [7, 11) is 0. The fourth-order valence-corrected chi connectivity index (χ4v) is 0. The van der Waals surface area contributed by atoms with Crippen molar-refractivity contribution < 1.29 is 21.1 Å². The fraction of sp³-hybridized carbons (Fsp3) is 0. The molecule has 0 rings (SSSR count). The van der Waals surface area contributed by atoms with Crippen LogP contribution in [-0.4, -0.2) is 0 Å². The molecular formula is H3ClN2Pt. The molecule has 0 heterocycles. The summed E-state index contributed by atoms with van der Waals surface area (Å²) in [6, 6.07) is 0. The first kappa shape index (κ1) is 20.7. The molecule has 0 saturated heterocycles. The van der Waals surface area contributed by atoms with E-state index < -0.39 is 0 Å². The smallest absolute Gasteiger partial charge is 0.693 e. The van der Waals surface area contributed by atoms with Gasteiger partial charge in [-0.05, 0) is 0 Å². The van der Waals surface area contributed by atoms with Crippen molar-refractivity contribution in [3.8, 4) is 0 Å². The molecule has 0 atom stereocenters. The predicted molar refractivity (Wildman–Crippen MR) is 15.5 cm³/mol. The Kier molecular flexibility index (Phi) is 210. The minimum absolute atomic E-state index is 0. The number of hydrogen-bond acceptors (Lipinski definition) is 0. The molecule has 4 heteroatoms. The summed E-state index contributed by atoms with van der Waals surface area (Å²) in [5.41, 5.74) is 0. The third kappa shape index (κ3) is 12.9. The van der Waals surface area contributed by atoms with Crippen molar-refractivity contribution in [1.82, 2.24) is 0 Å². The zero-order chi connectivity index (χ0) is 2.00. The van der Waals surface area contributed by atoms with E-state index in [1.54, 1.807) is 0 Å². The first-order chi connectivity index (χ1) is 1.00. The van der Waals surface area contributed by atoms with E-state index in [1.807, 2.05) is 0 Å². The summed E-state index contributed by atoms with van der Waals surface area (Å²) < 4.78 is 0. The average molecular weight is 262 g/mol. The van der Waals surface area contributed by atoms with E-state index in [-0.39, 0.29) is 27.2 Å². The summed E-state index contributed by atoms with van der Waals surface area (Å²) >= 11 is 3.89. The monoisotopic (exact) mass is 261 g/mol. The molecule has 30 valence electrons. The quantitative estimate of drug-likeness (QED) is 0.640. The van der Waals surface area contributed by atoms with E-state index in [0.29, 0.717) is 0 Å². The van der Waals surface area contributed by atoms with Crippen molar-refractivity contribution in [2.24, 2.45) is 0 Å². The molecule has 0 bridgehead atoms. The van der Waals surface area contributed by atoms with Gasteiger partial charge in [0.1, 0.15) is 0 Å². The normalized spacial score (nSPS) is 1.50. The van der Waals surface area contributed by atoms with Crippen LogP contribution in [0, 0.1) is 0 Å². The molecule has 2 nitrogen and oxygen atoms in total. The van der Waals surface area contributed by atoms with Gasteiger partial charge in [0.2, 0.25) is 0 Å². The first-order valence-electron chi connectivity index (χ1n) is 0.189. The van der Waals surface area contributed by atoms with Crippen LogP contribution in [0.2, 0.25) is 0 Å². The second kappa shape index (κ2) is 40.6. The van der Waals surface area contributed by atoms with E-state index in [4.69, 9.17) is 5.25 Å². The molecule has 0 spiro atoms. The Morgan fingerprint density at radius 3 is 1.25 bits per heavy atom. The number of rotatable bonds is 0. The Labute approximate surface area is 44.7 Å². The number of nitrogens with one attached hydrogen (secondary N) is 1. The van der Waals surface area contributed by atoms with Crippen LogP contribution in [0.15, 0.2) is 0 Å². The molecule has 0 saturated carbocycles. The molecule has 4 heavy (non-hydrogen) atoms. The molecule has 0 aliphatic rings. The maximum atomic E-state index is 5.22. The molecule has 0 aliphatic carbocycles. The molecule has 0 fully saturated rings. The van der Waals surface area contributed by atoms with Crippen LogP contribution < -0.4 is 0 Å². The topological polar surface area (TPSA) is 57.3 Å². The molecule has 0 amide bonds. The maximum absolute atomic E-state index is 5.22. The van der Waals surface area contributed by atoms with Gasteiger partial charge in [0.15, 0.2) is 0 Å². The molecular weight excluding hydrogens is 259 g/mol. The van der Waals surface area contributed by atoms with Crippen molar-refractivity contribution in [3.05, 3.63) is 11.4 Å². The first-order valence-corrected chi connectivity index (χ1v) is 0.567. The molecule has 0 aromatic heterocycles. The van der Waals surface area contributed by atoms with Gasteiger partial charge in [-0.1, -0.05) is 0 Å². The summed E-state index contributed by atoms with van der Waals surface area (Å²) in [6.45, 7) is 0. The summed E-state index contributed by atoms with van der Waals surface area (Å²) in [5, 5.41) is 5.22. The second-order valence-corrected chi connectivity index (χ2v) is 0.